The van der Waals surface area contributed by atoms with Crippen molar-refractivity contribution in [2.24, 2.45) is 0 Å². The predicted molar refractivity (Wildman–Crippen MR) is 103 cm³/mol. The Morgan fingerprint density at radius 2 is 2.00 bits per heavy atom. The maximum absolute atomic E-state index is 12.6. The first-order valence-electron chi connectivity index (χ1n) is 8.34. The van der Waals surface area contributed by atoms with Crippen LogP contribution in [0.3, 0.4) is 0 Å². The molecule has 0 unspecified atom stereocenters. The third-order valence-corrected chi connectivity index (χ3v) is 5.15. The van der Waals surface area contributed by atoms with Crippen LogP contribution < -0.4 is 0 Å². The minimum Gasteiger partial charge on any atom is -0.454 e. The molecule has 144 valence electrons. The van der Waals surface area contributed by atoms with Gasteiger partial charge in [-0.2, -0.15) is 0 Å². The number of ether oxygens (including phenoxy) is 1. The number of aromatic nitrogens is 2. The van der Waals surface area contributed by atoms with Crippen LogP contribution in [0, 0.1) is 30.9 Å². The number of hydrogen-bond donors (Lipinski definition) is 0. The molecule has 0 aliphatic carbocycles. The zero-order valence-corrected chi connectivity index (χ0v) is 16.3. The van der Waals surface area contributed by atoms with Gasteiger partial charge in [0.05, 0.1) is 10.5 Å². The van der Waals surface area contributed by atoms with E-state index in [1.165, 1.54) is 36.5 Å². The molecule has 3 rings (SSSR count). The molecule has 28 heavy (non-hydrogen) atoms. The molecule has 3 aromatic rings. The third kappa shape index (κ3) is 3.56. The average molecular weight is 399 g/mol. The molecule has 0 saturated heterocycles. The van der Waals surface area contributed by atoms with Gasteiger partial charge < -0.3 is 4.74 Å². The lowest BCUT2D eigenvalue weighted by Gasteiger charge is -2.08. The van der Waals surface area contributed by atoms with Gasteiger partial charge in [0, 0.05) is 40.2 Å². The van der Waals surface area contributed by atoms with Crippen LogP contribution in [0.1, 0.15) is 37.7 Å². The minimum absolute atomic E-state index is 0.0651. The largest absolute Gasteiger partial charge is 0.454 e. The van der Waals surface area contributed by atoms with Crippen LogP contribution in [-0.2, 0) is 4.74 Å². The lowest BCUT2D eigenvalue weighted by atomic mass is 10.1. The standard InChI is InChI=1S/C19H17N3O5S/c1-11-9-15(13(3)21(11)19-20-7-8-28-19)17(23)10-27-18(24)14-5-4-6-16(12(14)2)22(25)26/h4-9H,10H2,1-3H3. The number of thiazole rings is 1. The second-order valence-corrected chi connectivity index (χ2v) is 7.01. The summed E-state index contributed by atoms with van der Waals surface area (Å²) in [6.07, 6.45) is 1.68. The van der Waals surface area contributed by atoms with Gasteiger partial charge in [0.25, 0.3) is 5.69 Å². The van der Waals surface area contributed by atoms with Crippen molar-refractivity contribution >= 4 is 28.8 Å². The summed E-state index contributed by atoms with van der Waals surface area (Å²) in [5.41, 5.74) is 2.09. The summed E-state index contributed by atoms with van der Waals surface area (Å²) in [5.74, 6) is -1.13. The lowest BCUT2D eigenvalue weighted by molar-refractivity contribution is -0.385. The number of Topliss-reactive ketones (excluding diaryl/α,β-unsaturated/α-hetero) is 1. The van der Waals surface area contributed by atoms with E-state index < -0.39 is 17.5 Å². The highest BCUT2D eigenvalue weighted by atomic mass is 32.1. The SMILES string of the molecule is Cc1c(C(=O)OCC(=O)c2cc(C)n(-c3nccs3)c2C)cccc1[N+](=O)[O-]. The van der Waals surface area contributed by atoms with E-state index in [-0.39, 0.29) is 22.6 Å². The van der Waals surface area contributed by atoms with Crippen LogP contribution in [0.15, 0.2) is 35.8 Å². The number of carbonyl (C=O) groups excluding carboxylic acids is 2. The Morgan fingerprint density at radius 1 is 1.25 bits per heavy atom. The van der Waals surface area contributed by atoms with Crippen LogP contribution >= 0.6 is 11.3 Å². The summed E-state index contributed by atoms with van der Waals surface area (Å²) in [6, 6.07) is 5.88. The number of esters is 1. The van der Waals surface area contributed by atoms with Crippen molar-refractivity contribution in [2.45, 2.75) is 20.8 Å². The molecule has 2 heterocycles. The molecule has 0 amide bonds. The molecule has 0 bridgehead atoms. The number of aryl methyl sites for hydroxylation is 1. The Hall–Kier alpha value is -3.33. The molecule has 0 radical (unpaired) electrons. The van der Waals surface area contributed by atoms with E-state index in [1.807, 2.05) is 16.9 Å². The van der Waals surface area contributed by atoms with E-state index >= 15 is 0 Å². The summed E-state index contributed by atoms with van der Waals surface area (Å²) < 4.78 is 6.99. The van der Waals surface area contributed by atoms with Crippen molar-refractivity contribution < 1.29 is 19.2 Å². The predicted octanol–water partition coefficient (Wildman–Crippen LogP) is 3.81. The number of benzene rings is 1. The van der Waals surface area contributed by atoms with E-state index in [1.54, 1.807) is 19.2 Å². The van der Waals surface area contributed by atoms with E-state index in [0.29, 0.717) is 11.3 Å². The van der Waals surface area contributed by atoms with Gasteiger partial charge in [-0.3, -0.25) is 19.5 Å². The van der Waals surface area contributed by atoms with Crippen LogP contribution in [0.25, 0.3) is 5.13 Å². The molecule has 0 aliphatic rings. The zero-order valence-electron chi connectivity index (χ0n) is 15.5. The zero-order chi connectivity index (χ0) is 20.4. The molecule has 0 fully saturated rings. The van der Waals surface area contributed by atoms with Crippen LogP contribution in [-0.4, -0.2) is 32.8 Å². The van der Waals surface area contributed by atoms with Gasteiger partial charge in [0.2, 0.25) is 5.78 Å². The molecule has 0 N–H and O–H groups in total. The number of nitrogens with zero attached hydrogens (tertiary/aromatic N) is 3. The van der Waals surface area contributed by atoms with Crippen molar-refractivity contribution in [1.29, 1.82) is 0 Å². The molecular weight excluding hydrogens is 382 g/mol. The molecule has 1 aromatic carbocycles. The summed E-state index contributed by atoms with van der Waals surface area (Å²) >= 11 is 1.45. The third-order valence-electron chi connectivity index (χ3n) is 4.40. The monoisotopic (exact) mass is 399 g/mol. The van der Waals surface area contributed by atoms with Crippen LogP contribution in [0.5, 0.6) is 0 Å². The Bertz CT molecular complexity index is 1070. The molecule has 0 atom stereocenters. The second-order valence-electron chi connectivity index (χ2n) is 6.14. The first-order chi connectivity index (χ1) is 13.3. The highest BCUT2D eigenvalue weighted by molar-refractivity contribution is 7.12. The molecular formula is C19H17N3O5S. The number of nitro benzene ring substituents is 1. The van der Waals surface area contributed by atoms with Crippen molar-refractivity contribution in [3.63, 3.8) is 0 Å². The quantitative estimate of drug-likeness (QED) is 0.270. The van der Waals surface area contributed by atoms with Gasteiger partial charge in [-0.1, -0.05) is 6.07 Å². The van der Waals surface area contributed by atoms with Crippen molar-refractivity contribution in [3.05, 3.63) is 74.0 Å². The molecule has 0 aliphatic heterocycles. The summed E-state index contributed by atoms with van der Waals surface area (Å²) in [6.45, 7) is 4.68. The normalized spacial score (nSPS) is 10.7. The summed E-state index contributed by atoms with van der Waals surface area (Å²) in [5, 5.41) is 13.6. The van der Waals surface area contributed by atoms with Crippen molar-refractivity contribution in [3.8, 4) is 5.13 Å². The number of ketones is 1. The van der Waals surface area contributed by atoms with Gasteiger partial charge in [-0.25, -0.2) is 9.78 Å². The fraction of sp³-hybridized carbons (Fsp3) is 0.211. The molecule has 0 spiro atoms. The molecule has 0 saturated carbocycles. The fourth-order valence-electron chi connectivity index (χ4n) is 2.99. The molecule has 2 aromatic heterocycles. The van der Waals surface area contributed by atoms with E-state index in [0.717, 1.165) is 10.8 Å². The van der Waals surface area contributed by atoms with Crippen molar-refractivity contribution in [1.82, 2.24) is 9.55 Å². The number of hydrogen-bond acceptors (Lipinski definition) is 7. The second kappa shape index (κ2) is 7.73. The van der Waals surface area contributed by atoms with Crippen molar-refractivity contribution in [2.75, 3.05) is 6.61 Å². The first kappa shape index (κ1) is 19.4. The Labute approximate surface area is 164 Å². The van der Waals surface area contributed by atoms with Crippen LogP contribution in [0.4, 0.5) is 5.69 Å². The highest BCUT2D eigenvalue weighted by Crippen LogP contribution is 2.24. The minimum atomic E-state index is -0.775. The average Bonchev–Trinajstić information content (AvgIpc) is 3.27. The molecule has 9 heteroatoms. The van der Waals surface area contributed by atoms with Gasteiger partial charge in [0.15, 0.2) is 11.7 Å². The van der Waals surface area contributed by atoms with Gasteiger partial charge >= 0.3 is 5.97 Å². The number of rotatable bonds is 6. The van der Waals surface area contributed by atoms with E-state index in [2.05, 4.69) is 4.98 Å². The lowest BCUT2D eigenvalue weighted by Crippen LogP contribution is -2.16. The van der Waals surface area contributed by atoms with Gasteiger partial charge in [-0.05, 0) is 32.9 Å². The maximum Gasteiger partial charge on any atom is 0.339 e. The Morgan fingerprint density at radius 3 is 2.64 bits per heavy atom. The highest BCUT2D eigenvalue weighted by Gasteiger charge is 2.22. The van der Waals surface area contributed by atoms with Crippen LogP contribution in [0.2, 0.25) is 0 Å². The Balaban J connectivity index is 1.77. The fourth-order valence-corrected chi connectivity index (χ4v) is 3.75. The van der Waals surface area contributed by atoms with E-state index in [9.17, 15) is 19.7 Å². The van der Waals surface area contributed by atoms with Gasteiger partial charge in [0.1, 0.15) is 0 Å². The Kier molecular flexibility index (Phi) is 5.36. The molecule has 8 nitrogen and oxygen atoms in total. The first-order valence-corrected chi connectivity index (χ1v) is 9.22. The number of carbonyl (C=O) groups is 2. The maximum atomic E-state index is 12.6. The summed E-state index contributed by atoms with van der Waals surface area (Å²) in [4.78, 5) is 39.6. The smallest absolute Gasteiger partial charge is 0.339 e. The summed E-state index contributed by atoms with van der Waals surface area (Å²) in [7, 11) is 0. The van der Waals surface area contributed by atoms with E-state index in [4.69, 9.17) is 4.74 Å². The number of nitro groups is 1. The topological polar surface area (TPSA) is 104 Å². The van der Waals surface area contributed by atoms with Gasteiger partial charge in [-0.15, -0.1) is 11.3 Å².